The fraction of sp³-hybridized carbons (Fsp3) is 0.545. The highest BCUT2D eigenvalue weighted by Crippen LogP contribution is 2.37. The lowest BCUT2D eigenvalue weighted by Gasteiger charge is -2.14. The highest BCUT2D eigenvalue weighted by molar-refractivity contribution is 5.95. The molecule has 0 saturated heterocycles. The molecule has 3 unspecified atom stereocenters. The van der Waals surface area contributed by atoms with Gasteiger partial charge in [-0.2, -0.15) is 0 Å². The number of hydrogen-bond donors (Lipinski definition) is 2. The Kier molecular flexibility index (Phi) is 3.12. The number of carboxylic acid groups (broad SMARTS) is 1. The molecule has 1 aromatic rings. The van der Waals surface area contributed by atoms with Crippen LogP contribution in [0.25, 0.3) is 0 Å². The van der Waals surface area contributed by atoms with Crippen LogP contribution in [-0.4, -0.2) is 22.1 Å². The molecule has 92 valence electrons. The van der Waals surface area contributed by atoms with E-state index in [-0.39, 0.29) is 11.8 Å². The largest absolute Gasteiger partial charge is 0.481 e. The Morgan fingerprint density at radius 3 is 2.76 bits per heavy atom. The molecule has 0 aromatic carbocycles. The summed E-state index contributed by atoms with van der Waals surface area (Å²) in [5, 5.41) is 15.1. The molecule has 2 rings (SSSR count). The molecule has 1 fully saturated rings. The van der Waals surface area contributed by atoms with Crippen LogP contribution in [0.2, 0.25) is 0 Å². The van der Waals surface area contributed by atoms with Crippen molar-refractivity contribution in [3.63, 3.8) is 0 Å². The zero-order valence-electron chi connectivity index (χ0n) is 9.42. The highest BCUT2D eigenvalue weighted by atomic mass is 16.5. The van der Waals surface area contributed by atoms with Crippen LogP contribution in [0.15, 0.2) is 17.0 Å². The Labute approximate surface area is 98.0 Å². The van der Waals surface area contributed by atoms with Crippen molar-refractivity contribution in [1.29, 1.82) is 0 Å². The number of nitrogens with one attached hydrogen (secondary N) is 1. The van der Waals surface area contributed by atoms with Crippen LogP contribution < -0.4 is 5.32 Å². The summed E-state index contributed by atoms with van der Waals surface area (Å²) >= 11 is 0. The minimum Gasteiger partial charge on any atom is -0.481 e. The van der Waals surface area contributed by atoms with Gasteiger partial charge >= 0.3 is 5.97 Å². The molecular weight excluding hydrogens is 224 g/mol. The van der Waals surface area contributed by atoms with Crippen molar-refractivity contribution in [3.05, 3.63) is 12.5 Å². The van der Waals surface area contributed by atoms with Crippen LogP contribution in [0.4, 0.5) is 5.69 Å². The van der Waals surface area contributed by atoms with Crippen LogP contribution in [0.1, 0.15) is 19.8 Å². The normalized spacial score (nSPS) is 27.9. The van der Waals surface area contributed by atoms with Crippen molar-refractivity contribution in [3.8, 4) is 0 Å². The molecule has 1 aliphatic rings. The second-order valence-corrected chi connectivity index (χ2v) is 4.53. The molecule has 3 atom stereocenters. The minimum absolute atomic E-state index is 0.259. The Morgan fingerprint density at radius 2 is 2.18 bits per heavy atom. The first-order valence-electron chi connectivity index (χ1n) is 5.51. The maximum Gasteiger partial charge on any atom is 0.307 e. The molecule has 6 nitrogen and oxygen atoms in total. The third-order valence-corrected chi connectivity index (χ3v) is 3.15. The first kappa shape index (κ1) is 11.6. The number of hydrogen-bond acceptors (Lipinski definition) is 4. The van der Waals surface area contributed by atoms with Gasteiger partial charge in [0.2, 0.25) is 5.91 Å². The summed E-state index contributed by atoms with van der Waals surface area (Å²) in [5.41, 5.74) is 0.457. The van der Waals surface area contributed by atoms with E-state index < -0.39 is 17.8 Å². The van der Waals surface area contributed by atoms with Crippen molar-refractivity contribution in [2.24, 2.45) is 17.8 Å². The number of rotatable bonds is 3. The van der Waals surface area contributed by atoms with Gasteiger partial charge in [0.25, 0.3) is 0 Å². The summed E-state index contributed by atoms with van der Waals surface area (Å²) in [6.07, 6.45) is 3.85. The van der Waals surface area contributed by atoms with E-state index in [0.717, 1.165) is 0 Å². The standard InChI is InChI=1S/C11H14N2O4/c1-6-2-8(9(3-6)11(15)16)10(14)13-7-4-12-17-5-7/h4-6,8-9H,2-3H2,1H3,(H,13,14)(H,15,16). The Bertz CT molecular complexity index is 415. The molecule has 1 aromatic heterocycles. The lowest BCUT2D eigenvalue weighted by Crippen LogP contribution is -2.29. The number of aromatic nitrogens is 1. The van der Waals surface area contributed by atoms with Crippen molar-refractivity contribution >= 4 is 17.6 Å². The van der Waals surface area contributed by atoms with Gasteiger partial charge in [0.1, 0.15) is 12.0 Å². The lowest BCUT2D eigenvalue weighted by atomic mass is 9.95. The number of aliphatic carboxylic acids is 1. The maximum absolute atomic E-state index is 11.9. The van der Waals surface area contributed by atoms with Crippen molar-refractivity contribution in [1.82, 2.24) is 5.16 Å². The molecule has 1 aliphatic carbocycles. The molecule has 6 heteroatoms. The monoisotopic (exact) mass is 238 g/mol. The zero-order valence-corrected chi connectivity index (χ0v) is 9.42. The van der Waals surface area contributed by atoms with Gasteiger partial charge in [-0.1, -0.05) is 12.1 Å². The van der Waals surface area contributed by atoms with Crippen molar-refractivity contribution in [2.45, 2.75) is 19.8 Å². The predicted octanol–water partition coefficient (Wildman–Crippen LogP) is 1.36. The summed E-state index contributed by atoms with van der Waals surface area (Å²) in [6.45, 7) is 1.96. The van der Waals surface area contributed by atoms with Gasteiger partial charge in [0, 0.05) is 0 Å². The molecule has 0 bridgehead atoms. The summed E-state index contributed by atoms with van der Waals surface area (Å²) in [6, 6.07) is 0. The Morgan fingerprint density at radius 1 is 1.47 bits per heavy atom. The van der Waals surface area contributed by atoms with Crippen LogP contribution in [0.3, 0.4) is 0 Å². The maximum atomic E-state index is 11.9. The molecule has 2 N–H and O–H groups in total. The average molecular weight is 238 g/mol. The van der Waals surface area contributed by atoms with E-state index >= 15 is 0 Å². The number of carbonyl (C=O) groups excluding carboxylic acids is 1. The zero-order chi connectivity index (χ0) is 12.4. The van der Waals surface area contributed by atoms with Gasteiger partial charge in [0.15, 0.2) is 0 Å². The average Bonchev–Trinajstić information content (AvgIpc) is 2.86. The first-order chi connectivity index (χ1) is 8.08. The number of nitrogens with zero attached hydrogens (tertiary/aromatic N) is 1. The van der Waals surface area contributed by atoms with Gasteiger partial charge in [-0.15, -0.1) is 0 Å². The van der Waals surface area contributed by atoms with Crippen LogP contribution in [-0.2, 0) is 9.59 Å². The first-order valence-corrected chi connectivity index (χ1v) is 5.51. The molecule has 0 radical (unpaired) electrons. The van der Waals surface area contributed by atoms with Crippen LogP contribution in [0, 0.1) is 17.8 Å². The van der Waals surface area contributed by atoms with E-state index in [1.807, 2.05) is 6.92 Å². The summed E-state index contributed by atoms with van der Waals surface area (Å²) in [4.78, 5) is 23.0. The van der Waals surface area contributed by atoms with E-state index in [0.29, 0.717) is 18.5 Å². The van der Waals surface area contributed by atoms with E-state index in [1.165, 1.54) is 12.5 Å². The summed E-state index contributed by atoms with van der Waals surface area (Å²) in [5.74, 6) is -1.98. The lowest BCUT2D eigenvalue weighted by molar-refractivity contribution is -0.145. The predicted molar refractivity (Wildman–Crippen MR) is 58.1 cm³/mol. The third-order valence-electron chi connectivity index (χ3n) is 3.15. The Balaban J connectivity index is 2.05. The number of amides is 1. The number of carboxylic acids is 1. The molecule has 1 heterocycles. The fourth-order valence-electron chi connectivity index (χ4n) is 2.36. The van der Waals surface area contributed by atoms with Gasteiger partial charge in [-0.25, -0.2) is 0 Å². The SMILES string of the molecule is CC1CC(C(=O)O)C(C(=O)Nc2cnoc2)C1. The highest BCUT2D eigenvalue weighted by Gasteiger charge is 2.41. The van der Waals surface area contributed by atoms with Gasteiger partial charge < -0.3 is 14.9 Å². The molecule has 0 aliphatic heterocycles. The summed E-state index contributed by atoms with van der Waals surface area (Å²) < 4.78 is 4.59. The van der Waals surface area contributed by atoms with E-state index in [1.54, 1.807) is 0 Å². The molecule has 1 amide bonds. The van der Waals surface area contributed by atoms with E-state index in [9.17, 15) is 9.59 Å². The molecule has 17 heavy (non-hydrogen) atoms. The fourth-order valence-corrected chi connectivity index (χ4v) is 2.36. The van der Waals surface area contributed by atoms with E-state index in [4.69, 9.17) is 5.11 Å². The van der Waals surface area contributed by atoms with Gasteiger partial charge in [0.05, 0.1) is 18.0 Å². The quantitative estimate of drug-likeness (QED) is 0.829. The van der Waals surface area contributed by atoms with Crippen molar-refractivity contribution in [2.75, 3.05) is 5.32 Å². The third kappa shape index (κ3) is 2.46. The van der Waals surface area contributed by atoms with Crippen LogP contribution >= 0.6 is 0 Å². The second kappa shape index (κ2) is 4.57. The van der Waals surface area contributed by atoms with Crippen LogP contribution in [0.5, 0.6) is 0 Å². The number of anilines is 1. The second-order valence-electron chi connectivity index (χ2n) is 4.53. The van der Waals surface area contributed by atoms with Gasteiger partial charge in [-0.05, 0) is 18.8 Å². The summed E-state index contributed by atoms with van der Waals surface area (Å²) in [7, 11) is 0. The Hall–Kier alpha value is -1.85. The minimum atomic E-state index is -0.903. The number of carbonyl (C=O) groups is 2. The van der Waals surface area contributed by atoms with Crippen molar-refractivity contribution < 1.29 is 19.2 Å². The topological polar surface area (TPSA) is 92.4 Å². The van der Waals surface area contributed by atoms with E-state index in [2.05, 4.69) is 15.0 Å². The molecule has 1 saturated carbocycles. The molecular formula is C11H14N2O4. The molecule has 0 spiro atoms. The smallest absolute Gasteiger partial charge is 0.307 e. The van der Waals surface area contributed by atoms with Gasteiger partial charge in [-0.3, -0.25) is 9.59 Å².